The van der Waals surface area contributed by atoms with Crippen LogP contribution in [-0.4, -0.2) is 30.9 Å². The van der Waals surface area contributed by atoms with Crippen LogP contribution in [0.25, 0.3) is 0 Å². The third-order valence-electron chi connectivity index (χ3n) is 3.76. The van der Waals surface area contributed by atoms with Crippen molar-refractivity contribution in [2.45, 2.75) is 26.1 Å². The maximum atomic E-state index is 12.9. The molecule has 0 bridgehead atoms. The number of rotatable bonds is 6. The van der Waals surface area contributed by atoms with Crippen LogP contribution in [0.5, 0.6) is 17.2 Å². The van der Waals surface area contributed by atoms with Crippen molar-refractivity contribution in [3.8, 4) is 17.2 Å². The SMILES string of the molecule is C[C@H](OC(=O)[C@H](C)Oc1ccc(F)cc1)C(=O)Nc1ccc2c(c1)OCO2. The standard InChI is InChI=1S/C19H18FNO6/c1-11(18(22)21-14-5-8-16-17(9-14)25-10-24-16)27-19(23)12(2)26-15-6-3-13(20)4-7-15/h3-9,11-12H,10H2,1-2H3,(H,21,22)/t11-,12-/m0/s1. The fourth-order valence-electron chi connectivity index (χ4n) is 2.31. The fourth-order valence-corrected chi connectivity index (χ4v) is 2.31. The van der Waals surface area contributed by atoms with E-state index >= 15 is 0 Å². The Morgan fingerprint density at radius 3 is 2.48 bits per heavy atom. The second-order valence-corrected chi connectivity index (χ2v) is 5.85. The largest absolute Gasteiger partial charge is 0.479 e. The number of carbonyl (C=O) groups is 2. The van der Waals surface area contributed by atoms with Gasteiger partial charge in [-0.15, -0.1) is 0 Å². The Morgan fingerprint density at radius 1 is 1.04 bits per heavy atom. The summed E-state index contributed by atoms with van der Waals surface area (Å²) in [6, 6.07) is 10.2. The van der Waals surface area contributed by atoms with Crippen LogP contribution >= 0.6 is 0 Å². The molecule has 3 rings (SSSR count). The van der Waals surface area contributed by atoms with Gasteiger partial charge < -0.3 is 24.3 Å². The third kappa shape index (κ3) is 4.66. The third-order valence-corrected chi connectivity index (χ3v) is 3.76. The molecular weight excluding hydrogens is 357 g/mol. The van der Waals surface area contributed by atoms with Crippen LogP contribution in [0, 0.1) is 5.82 Å². The average Bonchev–Trinajstić information content (AvgIpc) is 3.11. The summed E-state index contributed by atoms with van der Waals surface area (Å²) in [5.74, 6) is -0.188. The van der Waals surface area contributed by atoms with E-state index in [1.165, 1.54) is 38.1 Å². The van der Waals surface area contributed by atoms with Crippen molar-refractivity contribution >= 4 is 17.6 Å². The van der Waals surface area contributed by atoms with Crippen molar-refractivity contribution < 1.29 is 32.9 Å². The molecule has 0 unspecified atom stereocenters. The number of carbonyl (C=O) groups excluding carboxylic acids is 2. The maximum Gasteiger partial charge on any atom is 0.347 e. The van der Waals surface area contributed by atoms with Gasteiger partial charge in [-0.1, -0.05) is 0 Å². The van der Waals surface area contributed by atoms with E-state index in [0.717, 1.165) is 0 Å². The zero-order chi connectivity index (χ0) is 19.4. The second kappa shape index (κ2) is 7.94. The first-order valence-corrected chi connectivity index (χ1v) is 8.25. The van der Waals surface area contributed by atoms with Crippen LogP contribution in [0.1, 0.15) is 13.8 Å². The van der Waals surface area contributed by atoms with Crippen LogP contribution in [-0.2, 0) is 14.3 Å². The summed E-state index contributed by atoms with van der Waals surface area (Å²) in [5.41, 5.74) is 0.489. The molecule has 0 fully saturated rings. The zero-order valence-corrected chi connectivity index (χ0v) is 14.7. The molecule has 8 heteroatoms. The Balaban J connectivity index is 1.52. The Labute approximate surface area is 155 Å². The number of fused-ring (bicyclic) bond motifs is 1. The molecule has 0 radical (unpaired) electrons. The van der Waals surface area contributed by atoms with E-state index in [9.17, 15) is 14.0 Å². The predicted octanol–water partition coefficient (Wildman–Crippen LogP) is 2.89. The van der Waals surface area contributed by atoms with Gasteiger partial charge in [-0.3, -0.25) is 4.79 Å². The quantitative estimate of drug-likeness (QED) is 0.782. The highest BCUT2D eigenvalue weighted by molar-refractivity contribution is 5.95. The topological polar surface area (TPSA) is 83.1 Å². The summed E-state index contributed by atoms with van der Waals surface area (Å²) in [4.78, 5) is 24.3. The Hall–Kier alpha value is -3.29. The van der Waals surface area contributed by atoms with Crippen LogP contribution in [0.2, 0.25) is 0 Å². The fraction of sp³-hybridized carbons (Fsp3) is 0.263. The highest BCUT2D eigenvalue weighted by Crippen LogP contribution is 2.34. The van der Waals surface area contributed by atoms with Gasteiger partial charge in [0.05, 0.1) is 0 Å². The molecule has 7 nitrogen and oxygen atoms in total. The van der Waals surface area contributed by atoms with E-state index < -0.39 is 29.9 Å². The van der Waals surface area contributed by atoms with Gasteiger partial charge >= 0.3 is 5.97 Å². The molecule has 0 aliphatic carbocycles. The predicted molar refractivity (Wildman–Crippen MR) is 93.2 cm³/mol. The molecule has 0 saturated heterocycles. The van der Waals surface area contributed by atoms with E-state index in [0.29, 0.717) is 22.9 Å². The summed E-state index contributed by atoms with van der Waals surface area (Å²) in [6.45, 7) is 3.06. The lowest BCUT2D eigenvalue weighted by Gasteiger charge is -2.18. The van der Waals surface area contributed by atoms with E-state index in [1.807, 2.05) is 0 Å². The van der Waals surface area contributed by atoms with Gasteiger partial charge in [0.1, 0.15) is 11.6 Å². The molecule has 0 saturated carbocycles. The number of hydrogen-bond donors (Lipinski definition) is 1. The smallest absolute Gasteiger partial charge is 0.347 e. The molecule has 1 heterocycles. The number of halogens is 1. The first-order valence-electron chi connectivity index (χ1n) is 8.25. The summed E-state index contributed by atoms with van der Waals surface area (Å²) >= 11 is 0. The molecule has 0 spiro atoms. The van der Waals surface area contributed by atoms with Crippen molar-refractivity contribution in [2.24, 2.45) is 0 Å². The maximum absolute atomic E-state index is 12.9. The monoisotopic (exact) mass is 375 g/mol. The lowest BCUT2D eigenvalue weighted by atomic mass is 10.2. The molecule has 1 N–H and O–H groups in total. The Bertz CT molecular complexity index is 839. The molecule has 1 aliphatic heterocycles. The first-order chi connectivity index (χ1) is 12.9. The molecule has 142 valence electrons. The highest BCUT2D eigenvalue weighted by Gasteiger charge is 2.24. The lowest BCUT2D eigenvalue weighted by molar-refractivity contribution is -0.159. The Kier molecular flexibility index (Phi) is 5.44. The highest BCUT2D eigenvalue weighted by atomic mass is 19.1. The van der Waals surface area contributed by atoms with Crippen molar-refractivity contribution in [1.82, 2.24) is 0 Å². The van der Waals surface area contributed by atoms with E-state index in [2.05, 4.69) is 5.32 Å². The van der Waals surface area contributed by atoms with Crippen molar-refractivity contribution in [3.63, 3.8) is 0 Å². The average molecular weight is 375 g/mol. The van der Waals surface area contributed by atoms with Crippen LogP contribution in [0.4, 0.5) is 10.1 Å². The van der Waals surface area contributed by atoms with Gasteiger partial charge in [0.15, 0.2) is 23.7 Å². The van der Waals surface area contributed by atoms with E-state index in [-0.39, 0.29) is 6.79 Å². The van der Waals surface area contributed by atoms with Gasteiger partial charge in [0, 0.05) is 11.8 Å². The van der Waals surface area contributed by atoms with Crippen molar-refractivity contribution in [1.29, 1.82) is 0 Å². The molecule has 1 amide bonds. The molecule has 1 aliphatic rings. The van der Waals surface area contributed by atoms with Gasteiger partial charge in [0.2, 0.25) is 6.79 Å². The van der Waals surface area contributed by atoms with Crippen molar-refractivity contribution in [2.75, 3.05) is 12.1 Å². The molecular formula is C19H18FNO6. The van der Waals surface area contributed by atoms with Crippen LogP contribution < -0.4 is 19.5 Å². The van der Waals surface area contributed by atoms with Crippen molar-refractivity contribution in [3.05, 3.63) is 48.3 Å². The van der Waals surface area contributed by atoms with Crippen LogP contribution in [0.3, 0.4) is 0 Å². The molecule has 2 aromatic carbocycles. The number of ether oxygens (including phenoxy) is 4. The minimum atomic E-state index is -1.04. The minimum absolute atomic E-state index is 0.132. The zero-order valence-electron chi connectivity index (χ0n) is 14.7. The minimum Gasteiger partial charge on any atom is -0.479 e. The van der Waals surface area contributed by atoms with Gasteiger partial charge in [0.25, 0.3) is 5.91 Å². The van der Waals surface area contributed by atoms with Gasteiger partial charge in [-0.2, -0.15) is 0 Å². The Morgan fingerprint density at radius 2 is 1.74 bits per heavy atom. The number of esters is 1. The molecule has 0 aromatic heterocycles. The summed E-state index contributed by atoms with van der Waals surface area (Å²) < 4.78 is 33.8. The summed E-state index contributed by atoms with van der Waals surface area (Å²) in [5, 5.41) is 2.64. The number of nitrogens with one attached hydrogen (secondary N) is 1. The van der Waals surface area contributed by atoms with Crippen LogP contribution in [0.15, 0.2) is 42.5 Å². The second-order valence-electron chi connectivity index (χ2n) is 5.85. The normalized spacial score (nSPS) is 14.2. The van der Waals surface area contributed by atoms with E-state index in [4.69, 9.17) is 18.9 Å². The molecule has 27 heavy (non-hydrogen) atoms. The first kappa shape index (κ1) is 18.5. The van der Waals surface area contributed by atoms with Gasteiger partial charge in [-0.05, 0) is 50.2 Å². The summed E-state index contributed by atoms with van der Waals surface area (Å²) in [6.07, 6.45) is -2.00. The van der Waals surface area contributed by atoms with E-state index in [1.54, 1.807) is 18.2 Å². The number of benzene rings is 2. The number of hydrogen-bond acceptors (Lipinski definition) is 6. The number of anilines is 1. The lowest BCUT2D eigenvalue weighted by Crippen LogP contribution is -2.35. The summed E-state index contributed by atoms with van der Waals surface area (Å²) in [7, 11) is 0. The molecule has 2 atom stereocenters. The van der Waals surface area contributed by atoms with Gasteiger partial charge in [-0.25, -0.2) is 9.18 Å². The number of amides is 1. The molecule has 2 aromatic rings.